The van der Waals surface area contributed by atoms with Crippen LogP contribution < -0.4 is 4.90 Å². The molecule has 1 heterocycles. The van der Waals surface area contributed by atoms with Crippen molar-refractivity contribution in [2.45, 2.75) is 20.4 Å². The van der Waals surface area contributed by atoms with Crippen molar-refractivity contribution in [2.75, 3.05) is 4.90 Å². The third-order valence-corrected chi connectivity index (χ3v) is 4.45. The van der Waals surface area contributed by atoms with Gasteiger partial charge in [0.05, 0.1) is 6.54 Å². The zero-order valence-corrected chi connectivity index (χ0v) is 12.5. The van der Waals surface area contributed by atoms with Gasteiger partial charge in [-0.15, -0.1) is 0 Å². The van der Waals surface area contributed by atoms with E-state index in [1.165, 1.54) is 5.56 Å². The molecule has 0 unspecified atom stereocenters. The molecule has 0 saturated carbocycles. The molecule has 1 amide bonds. The Morgan fingerprint density at radius 3 is 2.74 bits per heavy atom. The minimum atomic E-state index is 0.0937. The van der Waals surface area contributed by atoms with Crippen LogP contribution >= 0.6 is 15.9 Å². The van der Waals surface area contributed by atoms with E-state index >= 15 is 0 Å². The number of nitrogens with zero attached hydrogens (tertiary/aromatic N) is 1. The van der Waals surface area contributed by atoms with Crippen molar-refractivity contribution in [2.24, 2.45) is 0 Å². The van der Waals surface area contributed by atoms with E-state index in [1.54, 1.807) is 0 Å². The Bertz CT molecular complexity index is 678. The second-order valence-electron chi connectivity index (χ2n) is 4.94. The molecular weight excluding hydrogens is 302 g/mol. The van der Waals surface area contributed by atoms with E-state index in [-0.39, 0.29) is 5.91 Å². The van der Waals surface area contributed by atoms with Gasteiger partial charge in [0.2, 0.25) is 0 Å². The second-order valence-corrected chi connectivity index (χ2v) is 5.79. The van der Waals surface area contributed by atoms with Gasteiger partial charge in [-0.25, -0.2) is 0 Å². The first-order chi connectivity index (χ1) is 9.08. The fraction of sp³-hybridized carbons (Fsp3) is 0.188. The van der Waals surface area contributed by atoms with Crippen molar-refractivity contribution in [3.63, 3.8) is 0 Å². The third kappa shape index (κ3) is 1.98. The highest BCUT2D eigenvalue weighted by atomic mass is 79.9. The van der Waals surface area contributed by atoms with E-state index < -0.39 is 0 Å². The van der Waals surface area contributed by atoms with E-state index in [4.69, 9.17) is 0 Å². The summed E-state index contributed by atoms with van der Waals surface area (Å²) < 4.78 is 1.03. The molecule has 96 valence electrons. The lowest BCUT2D eigenvalue weighted by Gasteiger charge is -2.19. The quantitative estimate of drug-likeness (QED) is 0.771. The summed E-state index contributed by atoms with van der Waals surface area (Å²) in [6.07, 6.45) is 0. The Morgan fingerprint density at radius 1 is 1.16 bits per heavy atom. The van der Waals surface area contributed by atoms with Crippen molar-refractivity contribution in [3.8, 4) is 0 Å². The van der Waals surface area contributed by atoms with Crippen LogP contribution in [0.2, 0.25) is 0 Å². The Kier molecular flexibility index (Phi) is 2.94. The molecule has 2 aromatic rings. The van der Waals surface area contributed by atoms with Gasteiger partial charge in [0, 0.05) is 15.7 Å². The van der Waals surface area contributed by atoms with Crippen LogP contribution in [0.5, 0.6) is 0 Å². The largest absolute Gasteiger partial charge is 0.304 e. The van der Waals surface area contributed by atoms with Crippen LogP contribution in [0.1, 0.15) is 27.0 Å². The van der Waals surface area contributed by atoms with Crippen LogP contribution in [0.3, 0.4) is 0 Å². The number of fused-ring (bicyclic) bond motifs is 1. The first-order valence-electron chi connectivity index (χ1n) is 6.24. The minimum Gasteiger partial charge on any atom is -0.304 e. The topological polar surface area (TPSA) is 20.3 Å². The van der Waals surface area contributed by atoms with Crippen molar-refractivity contribution in [1.29, 1.82) is 0 Å². The summed E-state index contributed by atoms with van der Waals surface area (Å²) in [7, 11) is 0. The second kappa shape index (κ2) is 4.49. The number of halogens is 1. The zero-order valence-electron chi connectivity index (χ0n) is 10.9. The van der Waals surface area contributed by atoms with Gasteiger partial charge >= 0.3 is 0 Å². The predicted octanol–water partition coefficient (Wildman–Crippen LogP) is 4.23. The zero-order chi connectivity index (χ0) is 13.6. The normalized spacial score (nSPS) is 13.8. The van der Waals surface area contributed by atoms with Gasteiger partial charge in [0.25, 0.3) is 5.91 Å². The molecule has 19 heavy (non-hydrogen) atoms. The molecule has 0 radical (unpaired) electrons. The number of carbonyl (C=O) groups is 1. The minimum absolute atomic E-state index is 0.0937. The van der Waals surface area contributed by atoms with Crippen LogP contribution in [0.25, 0.3) is 0 Å². The molecule has 2 nitrogen and oxygen atoms in total. The lowest BCUT2D eigenvalue weighted by molar-refractivity contribution is 0.0996. The van der Waals surface area contributed by atoms with Crippen molar-refractivity contribution in [3.05, 3.63) is 63.1 Å². The monoisotopic (exact) mass is 315 g/mol. The van der Waals surface area contributed by atoms with Gasteiger partial charge in [-0.05, 0) is 43.2 Å². The van der Waals surface area contributed by atoms with Crippen LogP contribution in [0, 0.1) is 13.8 Å². The van der Waals surface area contributed by atoms with E-state index in [9.17, 15) is 4.79 Å². The Balaban J connectivity index is 2.06. The summed E-state index contributed by atoms with van der Waals surface area (Å²) in [5, 5.41) is 0. The third-order valence-electron chi connectivity index (χ3n) is 3.59. The summed E-state index contributed by atoms with van der Waals surface area (Å²) in [5.41, 5.74) is 5.21. The highest BCUT2D eigenvalue weighted by Gasteiger charge is 2.29. The molecule has 1 aliphatic rings. The highest BCUT2D eigenvalue weighted by molar-refractivity contribution is 9.10. The Hall–Kier alpha value is -1.61. The molecule has 0 bridgehead atoms. The molecule has 3 heteroatoms. The van der Waals surface area contributed by atoms with Gasteiger partial charge in [-0.1, -0.05) is 39.7 Å². The smallest absolute Gasteiger partial charge is 0.258 e. The van der Waals surface area contributed by atoms with Gasteiger partial charge in [-0.3, -0.25) is 4.79 Å². The summed E-state index contributed by atoms with van der Waals surface area (Å²) in [4.78, 5) is 14.3. The number of benzene rings is 2. The molecule has 3 rings (SSSR count). The first-order valence-corrected chi connectivity index (χ1v) is 7.04. The van der Waals surface area contributed by atoms with E-state index in [0.717, 1.165) is 26.9 Å². The van der Waals surface area contributed by atoms with Gasteiger partial charge in [0.15, 0.2) is 0 Å². The maximum Gasteiger partial charge on any atom is 0.258 e. The van der Waals surface area contributed by atoms with E-state index in [0.29, 0.717) is 6.54 Å². The molecule has 0 atom stereocenters. The lowest BCUT2D eigenvalue weighted by atomic mass is 10.1. The summed E-state index contributed by atoms with van der Waals surface area (Å²) >= 11 is 3.52. The average Bonchev–Trinajstić information content (AvgIpc) is 2.69. The number of anilines is 1. The number of hydrogen-bond donors (Lipinski definition) is 0. The van der Waals surface area contributed by atoms with Crippen molar-refractivity contribution >= 4 is 27.5 Å². The molecule has 0 aromatic heterocycles. The molecule has 2 aromatic carbocycles. The molecule has 1 aliphatic heterocycles. The standard InChI is InChI=1S/C16H14BrNO/c1-10-6-7-13-12(8-10)9-18(16(13)19)15-5-3-4-14(17)11(15)2/h3-8H,9H2,1-2H3. The van der Waals surface area contributed by atoms with Gasteiger partial charge < -0.3 is 4.90 Å². The Labute approximate surface area is 121 Å². The molecule has 0 fully saturated rings. The van der Waals surface area contributed by atoms with Crippen LogP contribution in [-0.2, 0) is 6.54 Å². The van der Waals surface area contributed by atoms with E-state index in [2.05, 4.69) is 28.9 Å². The molecule has 0 saturated heterocycles. The van der Waals surface area contributed by atoms with Crippen LogP contribution in [0.4, 0.5) is 5.69 Å². The van der Waals surface area contributed by atoms with Crippen LogP contribution in [0.15, 0.2) is 40.9 Å². The predicted molar refractivity (Wildman–Crippen MR) is 80.6 cm³/mol. The number of aryl methyl sites for hydroxylation is 1. The number of carbonyl (C=O) groups excluding carboxylic acids is 1. The fourth-order valence-electron chi connectivity index (χ4n) is 2.53. The van der Waals surface area contributed by atoms with Crippen LogP contribution in [-0.4, -0.2) is 5.91 Å². The Morgan fingerprint density at radius 2 is 1.95 bits per heavy atom. The van der Waals surface area contributed by atoms with Gasteiger partial charge in [-0.2, -0.15) is 0 Å². The van der Waals surface area contributed by atoms with Crippen molar-refractivity contribution in [1.82, 2.24) is 0 Å². The van der Waals surface area contributed by atoms with Crippen molar-refractivity contribution < 1.29 is 4.79 Å². The maximum absolute atomic E-state index is 12.5. The fourth-order valence-corrected chi connectivity index (χ4v) is 2.89. The number of hydrogen-bond acceptors (Lipinski definition) is 1. The summed E-state index contributed by atoms with van der Waals surface area (Å²) in [5.74, 6) is 0.0937. The molecule has 0 aliphatic carbocycles. The SMILES string of the molecule is Cc1ccc2c(c1)CN(c1cccc(Br)c1C)C2=O. The summed E-state index contributed by atoms with van der Waals surface area (Å²) in [6.45, 7) is 4.74. The lowest BCUT2D eigenvalue weighted by Crippen LogP contribution is -2.23. The number of rotatable bonds is 1. The molecule has 0 spiro atoms. The summed E-state index contributed by atoms with van der Waals surface area (Å²) in [6, 6.07) is 12.0. The first kappa shape index (κ1) is 12.4. The van der Waals surface area contributed by atoms with E-state index in [1.807, 2.05) is 42.2 Å². The molecule has 0 N–H and O–H groups in total. The highest BCUT2D eigenvalue weighted by Crippen LogP contribution is 2.33. The average molecular weight is 316 g/mol. The maximum atomic E-state index is 12.5. The number of amides is 1. The van der Waals surface area contributed by atoms with Gasteiger partial charge in [0.1, 0.15) is 0 Å². The molecular formula is C16H14BrNO.